The molecule has 1 amide bonds. The van der Waals surface area contributed by atoms with Gasteiger partial charge < -0.3 is 24.8 Å². The van der Waals surface area contributed by atoms with Gasteiger partial charge in [-0.2, -0.15) is 0 Å². The summed E-state index contributed by atoms with van der Waals surface area (Å²) in [6, 6.07) is 4.97. The van der Waals surface area contributed by atoms with E-state index >= 15 is 0 Å². The van der Waals surface area contributed by atoms with Crippen molar-refractivity contribution < 1.29 is 24.5 Å². The first-order valence-corrected chi connectivity index (χ1v) is 9.24. The molecule has 3 rings (SSSR count). The van der Waals surface area contributed by atoms with Crippen LogP contribution in [0.5, 0.6) is 5.75 Å². The number of aromatic nitrogens is 1. The molecule has 2 heterocycles. The van der Waals surface area contributed by atoms with Gasteiger partial charge in [0.15, 0.2) is 0 Å². The van der Waals surface area contributed by atoms with Crippen molar-refractivity contribution in [3.05, 3.63) is 40.2 Å². The number of hydrogen-bond acceptors (Lipinski definition) is 5. The molecule has 0 radical (unpaired) electrons. The minimum absolute atomic E-state index is 0.0498. The van der Waals surface area contributed by atoms with Crippen molar-refractivity contribution in [3.63, 3.8) is 0 Å². The number of aliphatic hydroxyl groups is 1. The number of aliphatic carboxylic acids is 1. The van der Waals surface area contributed by atoms with Crippen LogP contribution in [0, 0.1) is 5.41 Å². The van der Waals surface area contributed by atoms with Gasteiger partial charge in [0, 0.05) is 30.2 Å². The first-order chi connectivity index (χ1) is 13.3. The smallest absolute Gasteiger partial charge is 0.312 e. The zero-order valence-electron chi connectivity index (χ0n) is 15.9. The molecule has 1 aromatic carbocycles. The molecule has 28 heavy (non-hydrogen) atoms. The van der Waals surface area contributed by atoms with Gasteiger partial charge in [0.05, 0.1) is 18.6 Å². The summed E-state index contributed by atoms with van der Waals surface area (Å²) in [6.45, 7) is 1.90. The van der Waals surface area contributed by atoms with Gasteiger partial charge in [-0.05, 0) is 31.0 Å². The van der Waals surface area contributed by atoms with Crippen LogP contribution in [0.4, 0.5) is 0 Å². The molecule has 1 aromatic heterocycles. The van der Waals surface area contributed by atoms with Crippen LogP contribution in [0.2, 0.25) is 0 Å². The number of carboxylic acid groups (broad SMARTS) is 1. The van der Waals surface area contributed by atoms with Crippen LogP contribution in [0.3, 0.4) is 0 Å². The third kappa shape index (κ3) is 3.24. The Kier molecular flexibility index (Phi) is 5.42. The largest absolute Gasteiger partial charge is 0.497 e. The first kappa shape index (κ1) is 19.9. The number of aromatic amines is 1. The number of hydrogen-bond donors (Lipinski definition) is 3. The molecule has 150 valence electrons. The number of benzene rings is 1. The Morgan fingerprint density at radius 2 is 2.14 bits per heavy atom. The van der Waals surface area contributed by atoms with E-state index in [0.29, 0.717) is 29.5 Å². The summed E-state index contributed by atoms with van der Waals surface area (Å²) in [5, 5.41) is 20.5. The highest BCUT2D eigenvalue weighted by Crippen LogP contribution is 2.37. The summed E-state index contributed by atoms with van der Waals surface area (Å²) in [6.07, 6.45) is 1.26. The van der Waals surface area contributed by atoms with Gasteiger partial charge in [0.1, 0.15) is 11.3 Å². The molecule has 2 atom stereocenters. The molecule has 3 N–H and O–H groups in total. The second-order valence-electron chi connectivity index (χ2n) is 7.17. The van der Waals surface area contributed by atoms with Crippen molar-refractivity contribution in [1.29, 1.82) is 0 Å². The van der Waals surface area contributed by atoms with Crippen molar-refractivity contribution in [2.75, 3.05) is 20.2 Å². The Labute approximate surface area is 161 Å². The number of amides is 1. The second-order valence-corrected chi connectivity index (χ2v) is 7.17. The molecule has 2 aromatic rings. The van der Waals surface area contributed by atoms with Crippen LogP contribution < -0.4 is 10.2 Å². The van der Waals surface area contributed by atoms with Gasteiger partial charge in [-0.1, -0.05) is 13.3 Å². The van der Waals surface area contributed by atoms with E-state index in [1.807, 2.05) is 6.92 Å². The van der Waals surface area contributed by atoms with E-state index in [-0.39, 0.29) is 25.1 Å². The fourth-order valence-electron chi connectivity index (χ4n) is 3.91. The first-order valence-electron chi connectivity index (χ1n) is 9.24. The number of ether oxygens (including phenoxy) is 1. The van der Waals surface area contributed by atoms with E-state index in [4.69, 9.17) is 4.74 Å². The van der Waals surface area contributed by atoms with Gasteiger partial charge in [-0.3, -0.25) is 14.4 Å². The quantitative estimate of drug-likeness (QED) is 0.716. The normalized spacial score (nSPS) is 22.2. The van der Waals surface area contributed by atoms with E-state index in [1.54, 1.807) is 18.2 Å². The van der Waals surface area contributed by atoms with E-state index in [2.05, 4.69) is 4.98 Å². The third-order valence-corrected chi connectivity index (χ3v) is 5.59. The Morgan fingerprint density at radius 1 is 1.39 bits per heavy atom. The topological polar surface area (TPSA) is 120 Å². The lowest BCUT2D eigenvalue weighted by Crippen LogP contribution is -2.56. The van der Waals surface area contributed by atoms with Crippen LogP contribution in [-0.4, -0.2) is 58.3 Å². The minimum Gasteiger partial charge on any atom is -0.497 e. The molecule has 1 aliphatic heterocycles. The Hall–Kier alpha value is -2.87. The third-order valence-electron chi connectivity index (χ3n) is 5.59. The summed E-state index contributed by atoms with van der Waals surface area (Å²) in [5.41, 5.74) is -1.16. The number of fused-ring (bicyclic) bond motifs is 1. The molecule has 8 heteroatoms. The molecule has 0 aliphatic carbocycles. The molecule has 8 nitrogen and oxygen atoms in total. The summed E-state index contributed by atoms with van der Waals surface area (Å²) in [5.74, 6) is -1.08. The summed E-state index contributed by atoms with van der Waals surface area (Å²) in [4.78, 5) is 41.8. The Morgan fingerprint density at radius 3 is 2.75 bits per heavy atom. The van der Waals surface area contributed by atoms with E-state index in [9.17, 15) is 24.6 Å². The number of pyridine rings is 1. The number of β-amino-alcohol motifs (C(OH)–C–C–N with tert-alkyl or cyclic N) is 1. The van der Waals surface area contributed by atoms with Crippen LogP contribution in [0.25, 0.3) is 10.9 Å². The van der Waals surface area contributed by atoms with E-state index in [1.165, 1.54) is 18.2 Å². The van der Waals surface area contributed by atoms with Crippen molar-refractivity contribution >= 4 is 22.8 Å². The van der Waals surface area contributed by atoms with E-state index < -0.39 is 28.8 Å². The molecule has 0 saturated carbocycles. The molecule has 1 aliphatic rings. The number of rotatable bonds is 5. The second kappa shape index (κ2) is 7.63. The average molecular weight is 388 g/mol. The maximum atomic E-state index is 12.9. The number of carbonyl (C=O) groups excluding carboxylic acids is 1. The van der Waals surface area contributed by atoms with Crippen LogP contribution in [-0.2, 0) is 4.79 Å². The number of nitrogens with zero attached hydrogens (tertiary/aromatic N) is 1. The van der Waals surface area contributed by atoms with Crippen molar-refractivity contribution in [2.45, 2.75) is 32.3 Å². The van der Waals surface area contributed by atoms with Gasteiger partial charge in [0.2, 0.25) is 5.43 Å². The molecule has 0 spiro atoms. The number of aliphatic hydroxyl groups excluding tert-OH is 1. The maximum Gasteiger partial charge on any atom is 0.312 e. The Balaban J connectivity index is 1.90. The predicted molar refractivity (Wildman–Crippen MR) is 103 cm³/mol. The summed E-state index contributed by atoms with van der Waals surface area (Å²) >= 11 is 0. The molecule has 0 unspecified atom stereocenters. The van der Waals surface area contributed by atoms with Crippen molar-refractivity contribution in [1.82, 2.24) is 9.88 Å². The number of methoxy groups -OCH3 is 1. The summed E-state index contributed by atoms with van der Waals surface area (Å²) in [7, 11) is 1.49. The van der Waals surface area contributed by atoms with Gasteiger partial charge in [-0.25, -0.2) is 0 Å². The number of piperidine rings is 1. The van der Waals surface area contributed by atoms with Crippen molar-refractivity contribution in [3.8, 4) is 5.75 Å². The highest BCUT2D eigenvalue weighted by molar-refractivity contribution is 5.97. The minimum atomic E-state index is -1.26. The van der Waals surface area contributed by atoms with Crippen LogP contribution in [0.1, 0.15) is 36.5 Å². The number of nitrogens with one attached hydrogen (secondary N) is 1. The lowest BCUT2D eigenvalue weighted by molar-refractivity contribution is -0.162. The van der Waals surface area contributed by atoms with Gasteiger partial charge in [0.25, 0.3) is 5.91 Å². The zero-order valence-corrected chi connectivity index (χ0v) is 15.9. The van der Waals surface area contributed by atoms with Crippen molar-refractivity contribution in [2.24, 2.45) is 5.41 Å². The zero-order chi connectivity index (χ0) is 20.5. The number of carbonyl (C=O) groups is 2. The Bertz CT molecular complexity index is 969. The predicted octanol–water partition coefficient (Wildman–Crippen LogP) is 1.61. The fraction of sp³-hybridized carbons (Fsp3) is 0.450. The van der Waals surface area contributed by atoms with Crippen LogP contribution >= 0.6 is 0 Å². The SMILES string of the molecule is CCC[C@]1(C(=O)O)CCN(C(=O)c2c[nH]c3ccc(OC)cc3c2=O)C[C@@H]1O. The lowest BCUT2D eigenvalue weighted by Gasteiger charge is -2.42. The lowest BCUT2D eigenvalue weighted by atomic mass is 9.72. The average Bonchev–Trinajstić information content (AvgIpc) is 2.69. The van der Waals surface area contributed by atoms with Gasteiger partial charge >= 0.3 is 5.97 Å². The number of likely N-dealkylation sites (tertiary alicyclic amines) is 1. The fourth-order valence-corrected chi connectivity index (χ4v) is 3.91. The maximum absolute atomic E-state index is 12.9. The molecular weight excluding hydrogens is 364 g/mol. The highest BCUT2D eigenvalue weighted by atomic mass is 16.5. The van der Waals surface area contributed by atoms with E-state index in [0.717, 1.165) is 0 Å². The van der Waals surface area contributed by atoms with Crippen LogP contribution in [0.15, 0.2) is 29.2 Å². The van der Waals surface area contributed by atoms with Gasteiger partial charge in [-0.15, -0.1) is 0 Å². The highest BCUT2D eigenvalue weighted by Gasteiger charge is 2.48. The molecule has 1 saturated heterocycles. The molecular formula is C20H24N2O6. The standard InChI is InChI=1S/C20H24N2O6/c1-3-6-20(19(26)27)7-8-22(11-16(20)23)18(25)14-10-21-15-5-4-12(28-2)9-13(15)17(14)24/h4-5,9-10,16,23H,3,6-8,11H2,1-2H3,(H,21,24)(H,26,27)/t16-,20-/m0/s1. The molecule has 0 bridgehead atoms. The monoisotopic (exact) mass is 388 g/mol. The number of carboxylic acids is 1. The number of H-pyrrole nitrogens is 1. The molecule has 1 fully saturated rings. The summed E-state index contributed by atoms with van der Waals surface area (Å²) < 4.78 is 5.14.